The molecule has 5 N–H and O–H groups in total. The van der Waals surface area contributed by atoms with Crippen molar-refractivity contribution in [3.8, 4) is 0 Å². The molecule has 50 heavy (non-hydrogen) atoms. The average Bonchev–Trinajstić information content (AvgIpc) is 3.77. The van der Waals surface area contributed by atoms with Crippen LogP contribution in [0.3, 0.4) is 0 Å². The molecule has 4 aromatic heterocycles. The zero-order chi connectivity index (χ0) is 36.0. The van der Waals surface area contributed by atoms with Gasteiger partial charge in [0.15, 0.2) is 43.6 Å². The maximum Gasteiger partial charge on any atom is 0.386 e. The van der Waals surface area contributed by atoms with Crippen LogP contribution in [0.25, 0.3) is 22.3 Å². The Labute approximate surface area is 296 Å². The third kappa shape index (κ3) is 6.51. The summed E-state index contributed by atoms with van der Waals surface area (Å²) in [5, 5.41) is -0.288. The van der Waals surface area contributed by atoms with Gasteiger partial charge in [-0.1, -0.05) is 33.0 Å². The molecular formula is C26H37FN10O8P2S2Si. The Bertz CT molecular complexity index is 2040. The number of thiol groups is 1. The quantitative estimate of drug-likeness (QED) is 0.131. The van der Waals surface area contributed by atoms with E-state index in [-0.39, 0.29) is 34.3 Å². The highest BCUT2D eigenvalue weighted by Gasteiger charge is 2.57. The lowest BCUT2D eigenvalue weighted by atomic mass is 10.1. The smallest absolute Gasteiger partial charge is 0.386 e. The Hall–Kier alpha value is -2.20. The standard InChI is InChI=1S/C26H37FN10O8P2S2Si/c1-26(2,3)50(4,5)45-20-13-6-12(36-10-34-16-21(28)30-8-32-23(16)36)18(20)43-46(38,48)40-7-14-19(44-47(39,49)42-13)15(27)25(41-14)37-11-35-17-22(29)31-9-33-24(17)37/h8-15,18-20,25H,6-7H2,1-5H3,(H,38,48)(H,39,49)(H2,28,30,32)(H2,29,31,33)/t12-,13+,14-,15-,18+,19-,20-,25-,46?,47?/m1/s1. The van der Waals surface area contributed by atoms with Gasteiger partial charge in [0.25, 0.3) is 0 Å². The van der Waals surface area contributed by atoms with Crippen molar-refractivity contribution in [3.05, 3.63) is 25.3 Å². The molecule has 2 unspecified atom stereocenters. The Morgan fingerprint density at radius 1 is 0.980 bits per heavy atom. The molecule has 1 saturated carbocycles. The number of halogens is 1. The lowest BCUT2D eigenvalue weighted by Gasteiger charge is -2.42. The fourth-order valence-corrected chi connectivity index (χ4v) is 10.7. The highest BCUT2D eigenvalue weighted by molar-refractivity contribution is 8.44. The highest BCUT2D eigenvalue weighted by Crippen LogP contribution is 2.61. The minimum absolute atomic E-state index is 0.0862. The van der Waals surface area contributed by atoms with Gasteiger partial charge in [0.1, 0.15) is 48.1 Å². The summed E-state index contributed by atoms with van der Waals surface area (Å²) in [5.74, 6) is 0.243. The average molecular weight is 791 g/mol. The molecule has 4 aromatic rings. The fraction of sp³-hybridized carbons (Fsp3) is 0.615. The zero-order valence-electron chi connectivity index (χ0n) is 27.5. The summed E-state index contributed by atoms with van der Waals surface area (Å²) >= 11 is 9.87. The predicted octanol–water partition coefficient (Wildman–Crippen LogP) is 3.84. The van der Waals surface area contributed by atoms with E-state index in [4.69, 9.17) is 50.5 Å². The monoisotopic (exact) mass is 790 g/mol. The molecule has 18 nitrogen and oxygen atoms in total. The summed E-state index contributed by atoms with van der Waals surface area (Å²) in [5.41, 5.74) is 13.1. The maximum absolute atomic E-state index is 16.4. The van der Waals surface area contributed by atoms with E-state index in [0.717, 1.165) is 0 Å². The van der Waals surface area contributed by atoms with Crippen LogP contribution in [0.4, 0.5) is 16.0 Å². The molecule has 10 atom stereocenters. The molecule has 0 radical (unpaired) electrons. The Balaban J connectivity index is 1.27. The van der Waals surface area contributed by atoms with Crippen molar-refractivity contribution in [1.29, 1.82) is 0 Å². The van der Waals surface area contributed by atoms with Gasteiger partial charge in [-0.3, -0.25) is 18.1 Å². The highest BCUT2D eigenvalue weighted by atomic mass is 32.7. The number of aromatic nitrogens is 8. The van der Waals surface area contributed by atoms with E-state index in [0.29, 0.717) is 11.2 Å². The van der Waals surface area contributed by atoms with Crippen molar-refractivity contribution in [2.24, 2.45) is 0 Å². The second-order valence-electron chi connectivity index (χ2n) is 13.8. The van der Waals surface area contributed by atoms with Gasteiger partial charge < -0.3 is 34.6 Å². The van der Waals surface area contributed by atoms with Crippen LogP contribution in [-0.4, -0.2) is 95.5 Å². The van der Waals surface area contributed by atoms with Crippen molar-refractivity contribution >= 4 is 79.9 Å². The van der Waals surface area contributed by atoms with Gasteiger partial charge in [0.2, 0.25) is 0 Å². The van der Waals surface area contributed by atoms with Gasteiger partial charge in [-0.05, 0) is 29.9 Å². The maximum atomic E-state index is 16.4. The number of fused-ring (bicyclic) bond motifs is 5. The number of ether oxygens (including phenoxy) is 1. The van der Waals surface area contributed by atoms with Crippen LogP contribution in [0.15, 0.2) is 25.3 Å². The lowest BCUT2D eigenvalue weighted by Crippen LogP contribution is -2.50. The largest absolute Gasteiger partial charge is 0.409 e. The van der Waals surface area contributed by atoms with Gasteiger partial charge in [-0.25, -0.2) is 38.9 Å². The molecule has 3 aliphatic rings. The summed E-state index contributed by atoms with van der Waals surface area (Å²) in [4.78, 5) is 36.7. The molecule has 6 heterocycles. The molecule has 2 saturated heterocycles. The van der Waals surface area contributed by atoms with Crippen LogP contribution in [-0.2, 0) is 43.6 Å². The first-order valence-corrected chi connectivity index (χ1v) is 23.7. The second-order valence-corrected chi connectivity index (χ2v) is 24.2. The van der Waals surface area contributed by atoms with E-state index in [1.807, 2.05) is 33.9 Å². The van der Waals surface area contributed by atoms with Gasteiger partial charge in [0, 0.05) is 6.42 Å². The van der Waals surface area contributed by atoms with Crippen LogP contribution in [0, 0.1) is 0 Å². The van der Waals surface area contributed by atoms with Gasteiger partial charge in [-0.2, -0.15) is 0 Å². The Morgan fingerprint density at radius 3 is 2.20 bits per heavy atom. The zero-order valence-corrected chi connectivity index (χ0v) is 32.0. The summed E-state index contributed by atoms with van der Waals surface area (Å²) in [7, 11) is -2.63. The number of nitrogen functional groups attached to an aromatic ring is 2. The van der Waals surface area contributed by atoms with Crippen LogP contribution in [0.2, 0.25) is 18.1 Å². The minimum Gasteiger partial charge on any atom is -0.409 e. The Kier molecular flexibility index (Phi) is 9.21. The molecule has 0 amide bonds. The van der Waals surface area contributed by atoms with E-state index in [9.17, 15) is 9.46 Å². The number of nitrogens with two attached hydrogens (primary N) is 2. The first kappa shape index (κ1) is 36.2. The first-order chi connectivity index (χ1) is 23.4. The van der Waals surface area contributed by atoms with Gasteiger partial charge in [0.05, 0.1) is 31.4 Å². The van der Waals surface area contributed by atoms with Crippen LogP contribution >= 0.6 is 25.8 Å². The molecule has 3 fully saturated rings. The van der Waals surface area contributed by atoms with Crippen molar-refractivity contribution in [3.63, 3.8) is 0 Å². The number of nitrogens with zero attached hydrogens (tertiary/aromatic N) is 8. The predicted molar refractivity (Wildman–Crippen MR) is 188 cm³/mol. The van der Waals surface area contributed by atoms with E-state index < -0.39 is 77.4 Å². The molecule has 1 aliphatic carbocycles. The van der Waals surface area contributed by atoms with Crippen molar-refractivity contribution in [2.75, 3.05) is 18.1 Å². The van der Waals surface area contributed by atoms with E-state index in [1.54, 1.807) is 4.57 Å². The van der Waals surface area contributed by atoms with Crippen LogP contribution in [0.1, 0.15) is 39.5 Å². The fourth-order valence-electron chi connectivity index (χ4n) is 6.15. The number of hydrogen-bond donors (Lipinski definition) is 4. The summed E-state index contributed by atoms with van der Waals surface area (Å²) < 4.78 is 70.6. The summed E-state index contributed by atoms with van der Waals surface area (Å²) in [6, 6.07) is -0.716. The minimum atomic E-state index is -4.28. The number of hydrogen-bond acceptors (Lipinski definition) is 16. The van der Waals surface area contributed by atoms with Crippen LogP contribution < -0.4 is 11.5 Å². The summed E-state index contributed by atoms with van der Waals surface area (Å²) in [6.07, 6.45) is -3.84. The van der Waals surface area contributed by atoms with Crippen molar-refractivity contribution in [2.45, 2.75) is 94.3 Å². The van der Waals surface area contributed by atoms with Crippen molar-refractivity contribution < 1.29 is 41.1 Å². The number of anilines is 2. The number of rotatable bonds is 4. The first-order valence-electron chi connectivity index (χ1n) is 15.5. The molecule has 0 spiro atoms. The second kappa shape index (κ2) is 12.7. The van der Waals surface area contributed by atoms with E-state index >= 15 is 4.39 Å². The third-order valence-corrected chi connectivity index (χ3v) is 17.3. The lowest BCUT2D eigenvalue weighted by molar-refractivity contribution is -0.0521. The molecular weight excluding hydrogens is 754 g/mol. The molecule has 0 aromatic carbocycles. The van der Waals surface area contributed by atoms with Crippen LogP contribution in [0.5, 0.6) is 0 Å². The third-order valence-electron chi connectivity index (χ3n) is 9.63. The van der Waals surface area contributed by atoms with E-state index in [2.05, 4.69) is 42.2 Å². The molecule has 272 valence electrons. The summed E-state index contributed by atoms with van der Waals surface area (Å²) in [6.45, 7) is 1.10. The topological polar surface area (TPSA) is 232 Å². The number of imidazole rings is 2. The number of alkyl halides is 1. The molecule has 2 bridgehead atoms. The normalized spacial score (nSPS) is 35.6. The van der Waals surface area contributed by atoms with E-state index in [1.165, 1.54) is 29.9 Å². The Morgan fingerprint density at radius 2 is 1.58 bits per heavy atom. The van der Waals surface area contributed by atoms with Crippen molar-refractivity contribution in [1.82, 2.24) is 39.0 Å². The SMILES string of the molecule is CC(C)(C)[Si](C)(C)O[C@H]1[C@H]2OP(=O)(S)OC[C@H]3O[C@@H](n4cnc5c(N)ncnc54)[C@H](F)[C@@H]3OP(O)(=S)O[C@H]1C[C@H]2n1cnc2c(N)ncnc21. The van der Waals surface area contributed by atoms with Gasteiger partial charge in [-0.15, -0.1) is 0 Å². The molecule has 24 heteroatoms. The molecule has 2 aliphatic heterocycles. The molecule has 7 rings (SSSR count). The van der Waals surface area contributed by atoms with Gasteiger partial charge >= 0.3 is 13.5 Å².